The maximum Gasteiger partial charge on any atom is 0.302 e. The zero-order chi connectivity index (χ0) is 18.5. The first-order valence-electron chi connectivity index (χ1n) is 10.1. The standard InChI is InChI=1S/C23H30O3/c1-14(24)21-8-9-22-20-7-4-16-12-17(19(20)10-11-23(21,22)3)5-6-18(13-16)26-15(2)25/h4-5,7,18-19,21-22H,6,8-13H2,1-3H3/t18-,19+,21+,22-,23+/m0/s1. The molecule has 2 bridgehead atoms. The number of rotatable bonds is 2. The van der Waals surface area contributed by atoms with Gasteiger partial charge in [0.2, 0.25) is 0 Å². The summed E-state index contributed by atoms with van der Waals surface area (Å²) in [6.07, 6.45) is 14.1. The highest BCUT2D eigenvalue weighted by Crippen LogP contribution is 2.60. The van der Waals surface area contributed by atoms with E-state index >= 15 is 0 Å². The van der Waals surface area contributed by atoms with Crippen LogP contribution >= 0.6 is 0 Å². The largest absolute Gasteiger partial charge is 0.462 e. The highest BCUT2D eigenvalue weighted by Gasteiger charge is 2.53. The van der Waals surface area contributed by atoms with E-state index in [1.807, 2.05) is 0 Å². The van der Waals surface area contributed by atoms with Crippen LogP contribution in [0.2, 0.25) is 0 Å². The zero-order valence-corrected chi connectivity index (χ0v) is 16.2. The lowest BCUT2D eigenvalue weighted by Gasteiger charge is -2.45. The van der Waals surface area contributed by atoms with E-state index < -0.39 is 0 Å². The predicted octanol–water partition coefficient (Wildman–Crippen LogP) is 4.93. The number of hydrogen-bond acceptors (Lipinski definition) is 3. The van der Waals surface area contributed by atoms with Gasteiger partial charge in [-0.25, -0.2) is 0 Å². The van der Waals surface area contributed by atoms with E-state index in [2.05, 4.69) is 25.2 Å². The van der Waals surface area contributed by atoms with Crippen molar-refractivity contribution in [2.24, 2.45) is 23.2 Å². The van der Waals surface area contributed by atoms with Gasteiger partial charge >= 0.3 is 5.97 Å². The molecule has 0 amide bonds. The van der Waals surface area contributed by atoms with Crippen molar-refractivity contribution in [2.75, 3.05) is 0 Å². The van der Waals surface area contributed by atoms with E-state index in [-0.39, 0.29) is 23.4 Å². The first kappa shape index (κ1) is 17.8. The van der Waals surface area contributed by atoms with Gasteiger partial charge in [0.15, 0.2) is 0 Å². The molecular formula is C23H30O3. The van der Waals surface area contributed by atoms with E-state index in [0.717, 1.165) is 44.9 Å². The SMILES string of the molecule is CC(=O)O[C@H]1CC=C2CC(=CC=C3[C@@H]2CC[C@]2(C)[C@@H](C(C)=O)CC[C@@H]32)C1. The summed E-state index contributed by atoms with van der Waals surface area (Å²) in [5.74, 6) is 1.48. The van der Waals surface area contributed by atoms with Crippen LogP contribution in [0.15, 0.2) is 34.9 Å². The third kappa shape index (κ3) is 2.90. The lowest BCUT2D eigenvalue weighted by atomic mass is 9.59. The Kier molecular flexibility index (Phi) is 4.45. The second kappa shape index (κ2) is 6.51. The molecule has 4 rings (SSSR count). The topological polar surface area (TPSA) is 43.4 Å². The Morgan fingerprint density at radius 1 is 1.15 bits per heavy atom. The molecule has 4 aliphatic rings. The first-order valence-corrected chi connectivity index (χ1v) is 10.1. The summed E-state index contributed by atoms with van der Waals surface area (Å²) < 4.78 is 5.50. The summed E-state index contributed by atoms with van der Waals surface area (Å²) in [6.45, 7) is 5.63. The molecule has 0 aromatic heterocycles. The molecule has 0 saturated heterocycles. The fraction of sp³-hybridized carbons (Fsp3) is 0.652. The van der Waals surface area contributed by atoms with Gasteiger partial charge in [-0.3, -0.25) is 9.59 Å². The Morgan fingerprint density at radius 2 is 1.96 bits per heavy atom. The molecule has 2 saturated carbocycles. The summed E-state index contributed by atoms with van der Waals surface area (Å²) in [4.78, 5) is 23.6. The fourth-order valence-corrected chi connectivity index (χ4v) is 6.29. The molecule has 0 radical (unpaired) electrons. The molecular weight excluding hydrogens is 324 g/mol. The fourth-order valence-electron chi connectivity index (χ4n) is 6.29. The van der Waals surface area contributed by atoms with Crippen LogP contribution in [-0.4, -0.2) is 17.9 Å². The molecule has 3 nitrogen and oxygen atoms in total. The number of allylic oxidation sites excluding steroid dienone is 4. The van der Waals surface area contributed by atoms with Gasteiger partial charge in [-0.1, -0.05) is 41.9 Å². The molecule has 4 aliphatic carbocycles. The smallest absolute Gasteiger partial charge is 0.302 e. The number of ether oxygens (including phenoxy) is 1. The summed E-state index contributed by atoms with van der Waals surface area (Å²) in [6, 6.07) is 0. The minimum Gasteiger partial charge on any atom is -0.462 e. The first-order chi connectivity index (χ1) is 12.4. The van der Waals surface area contributed by atoms with Crippen LogP contribution in [0.3, 0.4) is 0 Å². The van der Waals surface area contributed by atoms with Crippen molar-refractivity contribution in [2.45, 2.75) is 71.8 Å². The van der Waals surface area contributed by atoms with Crippen molar-refractivity contribution in [3.63, 3.8) is 0 Å². The minimum absolute atomic E-state index is 0.0198. The van der Waals surface area contributed by atoms with Crippen molar-refractivity contribution < 1.29 is 14.3 Å². The van der Waals surface area contributed by atoms with Gasteiger partial charge in [0, 0.05) is 31.6 Å². The summed E-state index contributed by atoms with van der Waals surface area (Å²) in [7, 11) is 0. The number of hydrogen-bond donors (Lipinski definition) is 0. The molecule has 0 spiro atoms. The second-order valence-electron chi connectivity index (χ2n) is 9.01. The van der Waals surface area contributed by atoms with Crippen LogP contribution in [0.25, 0.3) is 0 Å². The number of carbonyl (C=O) groups is 2. The molecule has 0 heterocycles. The van der Waals surface area contributed by atoms with E-state index in [4.69, 9.17) is 4.74 Å². The Bertz CT molecular complexity index is 726. The summed E-state index contributed by atoms with van der Waals surface area (Å²) in [5, 5.41) is 0. The Morgan fingerprint density at radius 3 is 2.69 bits per heavy atom. The summed E-state index contributed by atoms with van der Waals surface area (Å²) in [5.41, 5.74) is 4.60. The highest BCUT2D eigenvalue weighted by molar-refractivity contribution is 5.79. The molecule has 140 valence electrons. The average molecular weight is 354 g/mol. The molecule has 26 heavy (non-hydrogen) atoms. The zero-order valence-electron chi connectivity index (χ0n) is 16.2. The maximum atomic E-state index is 12.2. The predicted molar refractivity (Wildman–Crippen MR) is 101 cm³/mol. The molecule has 0 aliphatic heterocycles. The van der Waals surface area contributed by atoms with Gasteiger partial charge in [-0.05, 0) is 50.4 Å². The Balaban J connectivity index is 1.66. The van der Waals surface area contributed by atoms with Gasteiger partial charge in [0.25, 0.3) is 0 Å². The van der Waals surface area contributed by atoms with Crippen molar-refractivity contribution in [1.82, 2.24) is 0 Å². The molecule has 0 N–H and O–H groups in total. The quantitative estimate of drug-likeness (QED) is 0.522. The van der Waals surface area contributed by atoms with Crippen molar-refractivity contribution >= 4 is 11.8 Å². The van der Waals surface area contributed by atoms with Gasteiger partial charge in [0.1, 0.15) is 11.9 Å². The van der Waals surface area contributed by atoms with E-state index in [1.165, 1.54) is 18.1 Å². The second-order valence-corrected chi connectivity index (χ2v) is 9.01. The van der Waals surface area contributed by atoms with Crippen molar-refractivity contribution in [3.8, 4) is 0 Å². The molecule has 0 aromatic rings. The van der Waals surface area contributed by atoms with Crippen LogP contribution in [0.4, 0.5) is 0 Å². The van der Waals surface area contributed by atoms with Crippen LogP contribution in [0.5, 0.6) is 0 Å². The third-order valence-corrected chi connectivity index (χ3v) is 7.46. The van der Waals surface area contributed by atoms with Crippen molar-refractivity contribution in [1.29, 1.82) is 0 Å². The van der Waals surface area contributed by atoms with Gasteiger partial charge in [0.05, 0.1) is 0 Å². The third-order valence-electron chi connectivity index (χ3n) is 7.46. The summed E-state index contributed by atoms with van der Waals surface area (Å²) >= 11 is 0. The monoisotopic (exact) mass is 354 g/mol. The average Bonchev–Trinajstić information content (AvgIpc) is 2.70. The number of ketones is 1. The molecule has 3 heteroatoms. The number of Topliss-reactive ketones (excluding diaryl/α,β-unsaturated/α-hetero) is 1. The normalized spacial score (nSPS) is 38.7. The van der Waals surface area contributed by atoms with E-state index in [0.29, 0.717) is 17.6 Å². The maximum absolute atomic E-state index is 12.2. The number of esters is 1. The number of fused-ring (bicyclic) bond motifs is 6. The van der Waals surface area contributed by atoms with Crippen LogP contribution in [-0.2, 0) is 14.3 Å². The number of carbonyl (C=O) groups excluding carboxylic acids is 2. The van der Waals surface area contributed by atoms with E-state index in [1.54, 1.807) is 12.5 Å². The molecule has 2 fully saturated rings. The Labute approximate surface area is 156 Å². The van der Waals surface area contributed by atoms with Gasteiger partial charge in [-0.15, -0.1) is 0 Å². The molecule has 0 aromatic carbocycles. The van der Waals surface area contributed by atoms with Gasteiger partial charge in [-0.2, -0.15) is 0 Å². The van der Waals surface area contributed by atoms with Crippen LogP contribution < -0.4 is 0 Å². The van der Waals surface area contributed by atoms with Crippen LogP contribution in [0.1, 0.15) is 65.7 Å². The molecule has 0 unspecified atom stereocenters. The van der Waals surface area contributed by atoms with E-state index in [9.17, 15) is 9.59 Å². The lowest BCUT2D eigenvalue weighted by Crippen LogP contribution is -2.39. The minimum atomic E-state index is -0.186. The molecule has 5 atom stereocenters. The lowest BCUT2D eigenvalue weighted by molar-refractivity contribution is -0.146. The highest BCUT2D eigenvalue weighted by atomic mass is 16.5. The van der Waals surface area contributed by atoms with Gasteiger partial charge < -0.3 is 4.74 Å². The Hall–Kier alpha value is -1.64. The van der Waals surface area contributed by atoms with Crippen LogP contribution in [0, 0.1) is 23.2 Å². The van der Waals surface area contributed by atoms with Crippen molar-refractivity contribution in [3.05, 3.63) is 34.9 Å².